The average Bonchev–Trinajstić information content (AvgIpc) is 3.23. The molecule has 3 aromatic rings. The number of aromatic nitrogens is 2. The molecule has 1 aliphatic rings. The van der Waals surface area contributed by atoms with Crippen LogP contribution in [-0.2, 0) is 11.8 Å². The Morgan fingerprint density at radius 2 is 1.97 bits per heavy atom. The van der Waals surface area contributed by atoms with Crippen molar-refractivity contribution >= 4 is 28.5 Å². The van der Waals surface area contributed by atoms with E-state index in [2.05, 4.69) is 36.4 Å². The lowest BCUT2D eigenvalue weighted by Gasteiger charge is -2.46. The summed E-state index contributed by atoms with van der Waals surface area (Å²) in [6.07, 6.45) is 5.29. The van der Waals surface area contributed by atoms with Gasteiger partial charge in [-0.1, -0.05) is 13.8 Å². The van der Waals surface area contributed by atoms with Crippen molar-refractivity contribution in [1.82, 2.24) is 14.5 Å². The molecule has 3 heterocycles. The zero-order chi connectivity index (χ0) is 27.8. The highest BCUT2D eigenvalue weighted by molar-refractivity contribution is 6.07. The molecule has 4 rings (SSSR count). The van der Waals surface area contributed by atoms with Gasteiger partial charge in [0.25, 0.3) is 5.91 Å². The lowest BCUT2D eigenvalue weighted by molar-refractivity contribution is -0.142. The molecule has 200 valence electrons. The number of fused-ring (bicyclic) bond motifs is 1. The number of aryl methyl sites for hydroxylation is 1. The number of anilines is 1. The molecule has 1 N–H and O–H groups in total. The fourth-order valence-corrected chi connectivity index (χ4v) is 5.48. The van der Waals surface area contributed by atoms with Crippen LogP contribution in [0.4, 0.5) is 5.69 Å². The maximum atomic E-state index is 13.1. The normalized spacial score (nSPS) is 16.8. The third-order valence-corrected chi connectivity index (χ3v) is 7.38. The summed E-state index contributed by atoms with van der Waals surface area (Å²) in [6, 6.07) is 6.75. The van der Waals surface area contributed by atoms with Crippen molar-refractivity contribution in [3.05, 3.63) is 47.3 Å². The number of hydrogen-bond donors (Lipinski definition) is 1. The van der Waals surface area contributed by atoms with E-state index in [4.69, 9.17) is 9.47 Å². The van der Waals surface area contributed by atoms with Crippen LogP contribution in [0.3, 0.4) is 0 Å². The standard InChI is InChI=1S/C29H35N5O4/c1-17(2)28(36)34-11-10-19(13-29(34,3)4)21-16-33(5)26-24(21)25(38-7)22(15-31-26)32-27(35)18-8-9-23(37-6)20(12-18)14-30/h8-9,12,15-17,19H,10-11,13H2,1-7H3,(H,32,35)/t19-/m1/s1. The number of rotatable bonds is 6. The molecule has 1 saturated heterocycles. The van der Waals surface area contributed by atoms with Crippen LogP contribution in [0, 0.1) is 17.2 Å². The largest absolute Gasteiger partial charge is 0.495 e. The number of methoxy groups -OCH3 is 2. The van der Waals surface area contributed by atoms with E-state index >= 15 is 0 Å². The van der Waals surface area contributed by atoms with Gasteiger partial charge in [-0.3, -0.25) is 9.59 Å². The van der Waals surface area contributed by atoms with Crippen molar-refractivity contribution in [3.63, 3.8) is 0 Å². The average molecular weight is 518 g/mol. The minimum Gasteiger partial charge on any atom is -0.495 e. The number of benzene rings is 1. The summed E-state index contributed by atoms with van der Waals surface area (Å²) < 4.78 is 13.0. The molecule has 0 unspecified atom stereocenters. The number of amides is 2. The third-order valence-electron chi connectivity index (χ3n) is 7.38. The van der Waals surface area contributed by atoms with Crippen molar-refractivity contribution < 1.29 is 19.1 Å². The lowest BCUT2D eigenvalue weighted by Crippen LogP contribution is -2.53. The highest BCUT2D eigenvalue weighted by Gasteiger charge is 2.40. The van der Waals surface area contributed by atoms with E-state index in [0.29, 0.717) is 29.3 Å². The van der Waals surface area contributed by atoms with Gasteiger partial charge >= 0.3 is 0 Å². The lowest BCUT2D eigenvalue weighted by atomic mass is 9.78. The number of hydrogen-bond acceptors (Lipinski definition) is 6. The van der Waals surface area contributed by atoms with Crippen LogP contribution in [-0.4, -0.2) is 52.6 Å². The first kappa shape index (κ1) is 27.0. The molecule has 1 atom stereocenters. The number of nitriles is 1. The molecule has 1 aromatic carbocycles. The minimum atomic E-state index is -0.386. The molecular weight excluding hydrogens is 482 g/mol. The maximum absolute atomic E-state index is 13.1. The van der Waals surface area contributed by atoms with Gasteiger partial charge in [-0.25, -0.2) is 4.98 Å². The van der Waals surface area contributed by atoms with E-state index in [1.807, 2.05) is 30.4 Å². The molecule has 9 nitrogen and oxygen atoms in total. The van der Waals surface area contributed by atoms with Gasteiger partial charge in [0.05, 0.1) is 31.4 Å². The van der Waals surface area contributed by atoms with Crippen molar-refractivity contribution in [2.75, 3.05) is 26.1 Å². The van der Waals surface area contributed by atoms with Crippen LogP contribution in [0.25, 0.3) is 11.0 Å². The highest BCUT2D eigenvalue weighted by Crippen LogP contribution is 2.44. The quantitative estimate of drug-likeness (QED) is 0.500. The summed E-state index contributed by atoms with van der Waals surface area (Å²) in [4.78, 5) is 32.6. The first-order chi connectivity index (χ1) is 18.0. The molecule has 38 heavy (non-hydrogen) atoms. The Balaban J connectivity index is 1.70. The van der Waals surface area contributed by atoms with Crippen LogP contribution < -0.4 is 14.8 Å². The molecular formula is C29H35N5O4. The van der Waals surface area contributed by atoms with Crippen LogP contribution in [0.2, 0.25) is 0 Å². The fourth-order valence-electron chi connectivity index (χ4n) is 5.48. The molecule has 2 amide bonds. The number of nitrogens with zero attached hydrogens (tertiary/aromatic N) is 4. The smallest absolute Gasteiger partial charge is 0.255 e. The van der Waals surface area contributed by atoms with Crippen LogP contribution in [0.1, 0.15) is 67.9 Å². The van der Waals surface area contributed by atoms with Gasteiger partial charge in [0, 0.05) is 36.8 Å². The van der Waals surface area contributed by atoms with Gasteiger partial charge in [-0.05, 0) is 56.4 Å². The van der Waals surface area contributed by atoms with E-state index in [0.717, 1.165) is 29.4 Å². The number of pyridine rings is 1. The van der Waals surface area contributed by atoms with Crippen molar-refractivity contribution in [2.24, 2.45) is 13.0 Å². The molecule has 0 radical (unpaired) electrons. The van der Waals surface area contributed by atoms with E-state index in [1.165, 1.54) is 13.2 Å². The SMILES string of the molecule is COc1ccc(C(=O)Nc2cnc3c(c([C@@H]4CCN(C(=O)C(C)C)C(C)(C)C4)cn3C)c2OC)cc1C#N. The van der Waals surface area contributed by atoms with Gasteiger partial charge in [-0.15, -0.1) is 0 Å². The Hall–Kier alpha value is -4.06. The zero-order valence-corrected chi connectivity index (χ0v) is 23.1. The van der Waals surface area contributed by atoms with E-state index in [-0.39, 0.29) is 34.8 Å². The number of piperidine rings is 1. The topological polar surface area (TPSA) is 109 Å². The first-order valence-corrected chi connectivity index (χ1v) is 12.7. The van der Waals surface area contributed by atoms with E-state index in [1.54, 1.807) is 25.4 Å². The molecule has 1 fully saturated rings. The summed E-state index contributed by atoms with van der Waals surface area (Å²) in [7, 11) is 5.00. The predicted molar refractivity (Wildman–Crippen MR) is 146 cm³/mol. The fraction of sp³-hybridized carbons (Fsp3) is 0.448. The van der Waals surface area contributed by atoms with Crippen molar-refractivity contribution in [1.29, 1.82) is 5.26 Å². The van der Waals surface area contributed by atoms with Crippen molar-refractivity contribution in [2.45, 2.75) is 52.0 Å². The second-order valence-corrected chi connectivity index (χ2v) is 10.7. The predicted octanol–water partition coefficient (Wildman–Crippen LogP) is 4.86. The molecule has 2 aromatic heterocycles. The van der Waals surface area contributed by atoms with Crippen molar-refractivity contribution in [3.8, 4) is 17.6 Å². The van der Waals surface area contributed by atoms with E-state index < -0.39 is 0 Å². The number of ether oxygens (including phenoxy) is 2. The summed E-state index contributed by atoms with van der Waals surface area (Å²) >= 11 is 0. The minimum absolute atomic E-state index is 0.0474. The first-order valence-electron chi connectivity index (χ1n) is 12.7. The Morgan fingerprint density at radius 3 is 2.58 bits per heavy atom. The van der Waals surface area contributed by atoms with Gasteiger partial charge in [0.1, 0.15) is 23.2 Å². The van der Waals surface area contributed by atoms with Crippen LogP contribution in [0.5, 0.6) is 11.5 Å². The highest BCUT2D eigenvalue weighted by atomic mass is 16.5. The van der Waals surface area contributed by atoms with Gasteiger partial charge in [0.15, 0.2) is 5.75 Å². The number of carbonyl (C=O) groups is 2. The number of carbonyl (C=O) groups excluding carboxylic acids is 2. The molecule has 0 spiro atoms. The van der Waals surface area contributed by atoms with Crippen LogP contribution >= 0.6 is 0 Å². The summed E-state index contributed by atoms with van der Waals surface area (Å²) in [6.45, 7) is 8.80. The molecule has 0 bridgehead atoms. The van der Waals surface area contributed by atoms with Crippen LogP contribution in [0.15, 0.2) is 30.6 Å². The number of nitrogens with one attached hydrogen (secondary N) is 1. The van der Waals surface area contributed by atoms with Gasteiger partial charge in [-0.2, -0.15) is 5.26 Å². The van der Waals surface area contributed by atoms with Gasteiger partial charge < -0.3 is 24.3 Å². The Morgan fingerprint density at radius 1 is 1.24 bits per heavy atom. The summed E-state index contributed by atoms with van der Waals surface area (Å²) in [5.41, 5.74) is 2.58. The third kappa shape index (κ3) is 4.78. The zero-order valence-electron chi connectivity index (χ0n) is 23.1. The Bertz CT molecular complexity index is 1430. The van der Waals surface area contributed by atoms with E-state index in [9.17, 15) is 14.9 Å². The Kier molecular flexibility index (Phi) is 7.36. The number of likely N-dealkylation sites (tertiary alicyclic amines) is 1. The Labute approximate surface area is 223 Å². The summed E-state index contributed by atoms with van der Waals surface area (Å²) in [5.74, 6) is 0.866. The molecule has 0 saturated carbocycles. The second-order valence-electron chi connectivity index (χ2n) is 10.7. The van der Waals surface area contributed by atoms with Gasteiger partial charge in [0.2, 0.25) is 5.91 Å². The second kappa shape index (κ2) is 10.4. The maximum Gasteiger partial charge on any atom is 0.255 e. The molecule has 9 heteroatoms. The molecule has 0 aliphatic carbocycles. The summed E-state index contributed by atoms with van der Waals surface area (Å²) in [5, 5.41) is 13.2. The molecule has 1 aliphatic heterocycles. The monoisotopic (exact) mass is 517 g/mol.